The highest BCUT2D eigenvalue weighted by molar-refractivity contribution is 4.79. The van der Waals surface area contributed by atoms with Crippen LogP contribution in [0.3, 0.4) is 0 Å². The van der Waals surface area contributed by atoms with E-state index in [1.807, 2.05) is 0 Å². The maximum Gasteiger partial charge on any atom is 0.0721 e. The van der Waals surface area contributed by atoms with Crippen LogP contribution in [-0.4, -0.2) is 38.5 Å². The first-order chi connectivity index (χ1) is 7.50. The van der Waals surface area contributed by atoms with Gasteiger partial charge in [-0.2, -0.15) is 0 Å². The standard InChI is InChI=1S/C13H29NO2/c1-7-12(15-5)11(14-8-2)9-10-13(3,4)16-6/h11-12,14H,7-10H2,1-6H3. The van der Waals surface area contributed by atoms with Crippen molar-refractivity contribution in [1.29, 1.82) is 0 Å². The average Bonchev–Trinajstić information content (AvgIpc) is 2.27. The van der Waals surface area contributed by atoms with Crippen LogP contribution in [0.1, 0.15) is 47.0 Å². The number of methoxy groups -OCH3 is 2. The summed E-state index contributed by atoms with van der Waals surface area (Å²) in [7, 11) is 3.57. The lowest BCUT2D eigenvalue weighted by molar-refractivity contribution is 0.00193. The van der Waals surface area contributed by atoms with Crippen molar-refractivity contribution in [2.75, 3.05) is 20.8 Å². The van der Waals surface area contributed by atoms with Crippen LogP contribution in [0, 0.1) is 0 Å². The van der Waals surface area contributed by atoms with Gasteiger partial charge in [0.05, 0.1) is 11.7 Å². The molecule has 0 heterocycles. The van der Waals surface area contributed by atoms with Gasteiger partial charge in [-0.05, 0) is 39.7 Å². The maximum absolute atomic E-state index is 5.51. The Morgan fingerprint density at radius 1 is 1.19 bits per heavy atom. The molecule has 0 spiro atoms. The van der Waals surface area contributed by atoms with Gasteiger partial charge in [0, 0.05) is 20.3 Å². The van der Waals surface area contributed by atoms with Gasteiger partial charge in [-0.15, -0.1) is 0 Å². The van der Waals surface area contributed by atoms with Crippen molar-refractivity contribution in [2.45, 2.75) is 64.7 Å². The van der Waals surface area contributed by atoms with Crippen LogP contribution in [0.4, 0.5) is 0 Å². The number of rotatable bonds is 9. The summed E-state index contributed by atoms with van der Waals surface area (Å²) in [5.74, 6) is 0. The number of likely N-dealkylation sites (N-methyl/N-ethyl adjacent to an activating group) is 1. The molecule has 98 valence electrons. The summed E-state index contributed by atoms with van der Waals surface area (Å²) in [6, 6.07) is 0.425. The van der Waals surface area contributed by atoms with E-state index in [1.165, 1.54) is 0 Å². The molecule has 16 heavy (non-hydrogen) atoms. The van der Waals surface area contributed by atoms with E-state index in [-0.39, 0.29) is 5.60 Å². The highest BCUT2D eigenvalue weighted by Crippen LogP contribution is 2.19. The second-order valence-electron chi connectivity index (χ2n) is 4.85. The monoisotopic (exact) mass is 231 g/mol. The predicted molar refractivity (Wildman–Crippen MR) is 68.9 cm³/mol. The molecule has 3 nitrogen and oxygen atoms in total. The second-order valence-corrected chi connectivity index (χ2v) is 4.85. The Balaban J connectivity index is 4.22. The van der Waals surface area contributed by atoms with E-state index in [2.05, 4.69) is 33.0 Å². The van der Waals surface area contributed by atoms with Crippen molar-refractivity contribution in [2.24, 2.45) is 0 Å². The number of ether oxygens (including phenoxy) is 2. The summed E-state index contributed by atoms with van der Waals surface area (Å²) in [5, 5.41) is 3.50. The molecule has 0 aromatic heterocycles. The summed E-state index contributed by atoms with van der Waals surface area (Å²) in [6.45, 7) is 9.54. The normalized spacial score (nSPS) is 16.1. The van der Waals surface area contributed by atoms with E-state index in [0.29, 0.717) is 12.1 Å². The van der Waals surface area contributed by atoms with Crippen molar-refractivity contribution in [1.82, 2.24) is 5.32 Å². The number of hydrogen-bond donors (Lipinski definition) is 1. The summed E-state index contributed by atoms with van der Waals surface area (Å²) in [5.41, 5.74) is -0.0420. The SMILES string of the molecule is CCNC(CCC(C)(C)OC)C(CC)OC. The lowest BCUT2D eigenvalue weighted by Gasteiger charge is -2.30. The molecule has 0 bridgehead atoms. The number of nitrogens with one attached hydrogen (secondary N) is 1. The third-order valence-electron chi connectivity index (χ3n) is 3.23. The Hall–Kier alpha value is -0.120. The van der Waals surface area contributed by atoms with Gasteiger partial charge in [-0.3, -0.25) is 0 Å². The van der Waals surface area contributed by atoms with E-state index in [1.54, 1.807) is 14.2 Å². The van der Waals surface area contributed by atoms with Crippen molar-refractivity contribution in [3.8, 4) is 0 Å². The highest BCUT2D eigenvalue weighted by Gasteiger charge is 2.23. The van der Waals surface area contributed by atoms with Gasteiger partial charge >= 0.3 is 0 Å². The molecule has 2 atom stereocenters. The topological polar surface area (TPSA) is 30.5 Å². The Morgan fingerprint density at radius 2 is 1.81 bits per heavy atom. The minimum Gasteiger partial charge on any atom is -0.380 e. The lowest BCUT2D eigenvalue weighted by Crippen LogP contribution is -2.42. The molecule has 3 heteroatoms. The first-order valence-corrected chi connectivity index (χ1v) is 6.32. The number of hydrogen-bond acceptors (Lipinski definition) is 3. The van der Waals surface area contributed by atoms with Crippen molar-refractivity contribution >= 4 is 0 Å². The van der Waals surface area contributed by atoms with Gasteiger partial charge in [0.25, 0.3) is 0 Å². The minimum atomic E-state index is -0.0420. The van der Waals surface area contributed by atoms with Crippen molar-refractivity contribution in [3.63, 3.8) is 0 Å². The summed E-state index contributed by atoms with van der Waals surface area (Å²) < 4.78 is 11.0. The van der Waals surface area contributed by atoms with E-state index in [9.17, 15) is 0 Å². The van der Waals surface area contributed by atoms with E-state index >= 15 is 0 Å². The van der Waals surface area contributed by atoms with Crippen LogP contribution in [0.25, 0.3) is 0 Å². The van der Waals surface area contributed by atoms with Crippen LogP contribution in [0.5, 0.6) is 0 Å². The molecule has 1 N–H and O–H groups in total. The molecule has 2 unspecified atom stereocenters. The van der Waals surface area contributed by atoms with Gasteiger partial charge in [0.2, 0.25) is 0 Å². The molecule has 0 aliphatic carbocycles. The fourth-order valence-electron chi connectivity index (χ4n) is 1.90. The third-order valence-corrected chi connectivity index (χ3v) is 3.23. The molecule has 0 fully saturated rings. The fourth-order valence-corrected chi connectivity index (χ4v) is 1.90. The molecular weight excluding hydrogens is 202 g/mol. The van der Waals surface area contributed by atoms with Crippen molar-refractivity contribution < 1.29 is 9.47 Å². The van der Waals surface area contributed by atoms with Crippen LogP contribution < -0.4 is 5.32 Å². The van der Waals surface area contributed by atoms with Crippen LogP contribution >= 0.6 is 0 Å². The summed E-state index contributed by atoms with van der Waals surface area (Å²) in [6.07, 6.45) is 3.47. The van der Waals surface area contributed by atoms with Crippen LogP contribution in [0.15, 0.2) is 0 Å². The van der Waals surface area contributed by atoms with Gasteiger partial charge in [-0.25, -0.2) is 0 Å². The fraction of sp³-hybridized carbons (Fsp3) is 1.00. The molecule has 0 saturated heterocycles. The minimum absolute atomic E-state index is 0.0420. The molecule has 0 aliphatic rings. The largest absolute Gasteiger partial charge is 0.380 e. The van der Waals surface area contributed by atoms with Gasteiger partial charge in [0.1, 0.15) is 0 Å². The van der Waals surface area contributed by atoms with Gasteiger partial charge in [-0.1, -0.05) is 13.8 Å². The predicted octanol–water partition coefficient (Wildman–Crippen LogP) is 2.59. The van der Waals surface area contributed by atoms with E-state index in [4.69, 9.17) is 9.47 Å². The third kappa shape index (κ3) is 5.83. The summed E-state index contributed by atoms with van der Waals surface area (Å²) >= 11 is 0. The first kappa shape index (κ1) is 15.9. The first-order valence-electron chi connectivity index (χ1n) is 6.32. The molecule has 0 aliphatic heterocycles. The lowest BCUT2D eigenvalue weighted by atomic mass is 9.95. The maximum atomic E-state index is 5.51. The smallest absolute Gasteiger partial charge is 0.0721 e. The summed E-state index contributed by atoms with van der Waals surface area (Å²) in [4.78, 5) is 0. The zero-order valence-electron chi connectivity index (χ0n) is 11.8. The Labute approximate surface area is 101 Å². The van der Waals surface area contributed by atoms with E-state index < -0.39 is 0 Å². The highest BCUT2D eigenvalue weighted by atomic mass is 16.5. The quantitative estimate of drug-likeness (QED) is 0.661. The second kappa shape index (κ2) is 8.04. The van der Waals surface area contributed by atoms with Crippen LogP contribution in [0.2, 0.25) is 0 Å². The molecule has 0 saturated carbocycles. The Morgan fingerprint density at radius 3 is 2.19 bits per heavy atom. The molecule has 0 amide bonds. The molecule has 0 aromatic carbocycles. The molecular formula is C13H29NO2. The van der Waals surface area contributed by atoms with Crippen LogP contribution in [-0.2, 0) is 9.47 Å². The van der Waals surface area contributed by atoms with Gasteiger partial charge < -0.3 is 14.8 Å². The molecule has 0 rings (SSSR count). The van der Waals surface area contributed by atoms with Gasteiger partial charge in [0.15, 0.2) is 0 Å². The van der Waals surface area contributed by atoms with Crippen molar-refractivity contribution in [3.05, 3.63) is 0 Å². The zero-order valence-corrected chi connectivity index (χ0v) is 11.8. The average molecular weight is 231 g/mol. The van der Waals surface area contributed by atoms with E-state index in [0.717, 1.165) is 25.8 Å². The zero-order chi connectivity index (χ0) is 12.6. The molecule has 0 aromatic rings. The Kier molecular flexibility index (Phi) is 7.98. The Bertz CT molecular complexity index is 167. The molecule has 0 radical (unpaired) electrons.